The number of nitrogens with one attached hydrogen (secondary N) is 1. The zero-order chi connectivity index (χ0) is 23.8. The summed E-state index contributed by atoms with van der Waals surface area (Å²) in [5.74, 6) is 1.11. The molecule has 6 heteroatoms. The van der Waals surface area contributed by atoms with Gasteiger partial charge in [0.2, 0.25) is 0 Å². The predicted octanol–water partition coefficient (Wildman–Crippen LogP) is 4.26. The summed E-state index contributed by atoms with van der Waals surface area (Å²) in [7, 11) is 0. The van der Waals surface area contributed by atoms with Gasteiger partial charge in [-0.25, -0.2) is 0 Å². The number of likely N-dealkylation sites (tertiary alicyclic amines) is 1. The third-order valence-electron chi connectivity index (χ3n) is 8.78. The Bertz CT molecular complexity index is 1090. The fourth-order valence-corrected chi connectivity index (χ4v) is 6.74. The molecule has 3 fully saturated rings. The number of hydrogen-bond donors (Lipinski definition) is 2. The van der Waals surface area contributed by atoms with Gasteiger partial charge in [0.15, 0.2) is 0 Å². The fourth-order valence-electron chi connectivity index (χ4n) is 6.74. The van der Waals surface area contributed by atoms with Crippen LogP contribution in [-0.2, 0) is 11.2 Å². The second kappa shape index (κ2) is 9.30. The van der Waals surface area contributed by atoms with E-state index >= 15 is 0 Å². The average Bonchev–Trinajstić information content (AvgIpc) is 3.62. The monoisotopic (exact) mass is 472 g/mol. The smallest absolute Gasteiger partial charge is 0.270 e. The van der Waals surface area contributed by atoms with Gasteiger partial charge in [-0.1, -0.05) is 0 Å². The first-order chi connectivity index (χ1) is 17.1. The number of rotatable bonds is 6. The molecular weight excluding hydrogens is 436 g/mol. The van der Waals surface area contributed by atoms with Gasteiger partial charge >= 0.3 is 0 Å². The zero-order valence-corrected chi connectivity index (χ0v) is 20.5. The highest BCUT2D eigenvalue weighted by Crippen LogP contribution is 2.67. The third kappa shape index (κ3) is 4.33. The van der Waals surface area contributed by atoms with Crippen molar-refractivity contribution in [1.29, 1.82) is 0 Å². The molecule has 2 N–H and O–H groups in total. The minimum atomic E-state index is 0.218. The molecular formula is C29H36N4O2. The number of carbonyl (C=O) groups is 1. The lowest BCUT2D eigenvalue weighted by Gasteiger charge is -2.43. The first-order valence-electron chi connectivity index (χ1n) is 13.4. The van der Waals surface area contributed by atoms with Crippen LogP contribution in [0.15, 0.2) is 60.1 Å². The molecule has 1 aromatic carbocycles. The number of phenols is 1. The molecule has 3 heterocycles. The minimum absolute atomic E-state index is 0.218. The van der Waals surface area contributed by atoms with Crippen LogP contribution < -0.4 is 10.2 Å². The van der Waals surface area contributed by atoms with Gasteiger partial charge in [-0.05, 0) is 117 Å². The number of carbonyl (C=O) groups excluding carboxylic acids is 1. The van der Waals surface area contributed by atoms with Gasteiger partial charge in [-0.2, -0.15) is 0 Å². The van der Waals surface area contributed by atoms with E-state index in [0.717, 1.165) is 63.2 Å². The standard InChI is InChI=1S/C29H36N4O2/c34-25-6-4-24(5-7-25)33-20-22-19-29(22)12-8-23(31-15-11-21-9-13-30-14-10-21)18-26(29)27(33)28(35)32-16-2-1-3-17-32/h4-7,9-10,13-14,22-23,31,34H,1-3,8,11-12,15-20H2. The van der Waals surface area contributed by atoms with Crippen molar-refractivity contribution in [3.8, 4) is 5.75 Å². The maximum Gasteiger partial charge on any atom is 0.270 e. The van der Waals surface area contributed by atoms with E-state index in [-0.39, 0.29) is 17.1 Å². The highest BCUT2D eigenvalue weighted by Gasteiger charge is 2.62. The molecule has 6 nitrogen and oxygen atoms in total. The van der Waals surface area contributed by atoms with Crippen molar-refractivity contribution < 1.29 is 9.90 Å². The summed E-state index contributed by atoms with van der Waals surface area (Å²) in [5.41, 5.74) is 4.89. The Labute approximate surface area is 208 Å². The van der Waals surface area contributed by atoms with Crippen molar-refractivity contribution >= 4 is 11.6 Å². The Hall–Kier alpha value is -2.86. The lowest BCUT2D eigenvalue weighted by molar-refractivity contribution is -0.128. The summed E-state index contributed by atoms with van der Waals surface area (Å²) in [6.45, 7) is 3.57. The Kier molecular flexibility index (Phi) is 6.01. The Morgan fingerprint density at radius 2 is 1.86 bits per heavy atom. The molecule has 1 spiro atoms. The van der Waals surface area contributed by atoms with Crippen molar-refractivity contribution in [1.82, 2.24) is 15.2 Å². The van der Waals surface area contributed by atoms with Crippen LogP contribution >= 0.6 is 0 Å². The van der Waals surface area contributed by atoms with E-state index in [1.165, 1.54) is 36.8 Å². The van der Waals surface area contributed by atoms with Gasteiger partial charge in [0.05, 0.1) is 0 Å². The lowest BCUT2D eigenvalue weighted by Crippen LogP contribution is -2.47. The zero-order valence-electron chi connectivity index (χ0n) is 20.5. The molecule has 3 unspecified atom stereocenters. The van der Waals surface area contributed by atoms with Gasteiger partial charge in [0.1, 0.15) is 11.4 Å². The highest BCUT2D eigenvalue weighted by molar-refractivity contribution is 5.99. The Balaban J connectivity index is 1.29. The van der Waals surface area contributed by atoms with E-state index in [4.69, 9.17) is 0 Å². The van der Waals surface area contributed by atoms with Crippen molar-refractivity contribution in [2.24, 2.45) is 11.3 Å². The lowest BCUT2D eigenvalue weighted by atomic mass is 9.74. The van der Waals surface area contributed by atoms with Crippen molar-refractivity contribution in [2.75, 3.05) is 31.1 Å². The molecule has 3 atom stereocenters. The van der Waals surface area contributed by atoms with E-state index in [0.29, 0.717) is 12.0 Å². The SMILES string of the molecule is O=C(C1=C2CC(NCCc3ccncc3)CCC23CC3CN1c1ccc(O)cc1)N1CCCCC1. The van der Waals surface area contributed by atoms with Crippen LogP contribution in [0.4, 0.5) is 5.69 Å². The highest BCUT2D eigenvalue weighted by atomic mass is 16.3. The van der Waals surface area contributed by atoms with E-state index in [2.05, 4.69) is 32.2 Å². The number of pyridine rings is 1. The van der Waals surface area contributed by atoms with E-state index in [1.807, 2.05) is 24.5 Å². The van der Waals surface area contributed by atoms with Crippen LogP contribution in [0.25, 0.3) is 0 Å². The fraction of sp³-hybridized carbons (Fsp3) is 0.517. The normalized spacial score (nSPS) is 27.9. The number of hydrogen-bond acceptors (Lipinski definition) is 5. The van der Waals surface area contributed by atoms with Gasteiger partial charge < -0.3 is 20.2 Å². The number of aromatic nitrogens is 1. The van der Waals surface area contributed by atoms with E-state index in [1.54, 1.807) is 12.1 Å². The summed E-state index contributed by atoms with van der Waals surface area (Å²) in [6.07, 6.45) is 12.6. The topological polar surface area (TPSA) is 68.7 Å². The molecule has 0 radical (unpaired) electrons. The molecule has 35 heavy (non-hydrogen) atoms. The van der Waals surface area contributed by atoms with Gasteiger partial charge in [-0.15, -0.1) is 0 Å². The number of amides is 1. The molecule has 184 valence electrons. The summed E-state index contributed by atoms with van der Waals surface area (Å²) < 4.78 is 0. The second-order valence-electron chi connectivity index (χ2n) is 10.9. The largest absolute Gasteiger partial charge is 0.508 e. The Morgan fingerprint density at radius 3 is 2.63 bits per heavy atom. The van der Waals surface area contributed by atoms with Crippen molar-refractivity contribution in [3.05, 3.63) is 65.6 Å². The molecule has 4 aliphatic rings. The van der Waals surface area contributed by atoms with Crippen molar-refractivity contribution in [3.63, 3.8) is 0 Å². The van der Waals surface area contributed by atoms with Crippen LogP contribution in [0, 0.1) is 11.3 Å². The minimum Gasteiger partial charge on any atom is -0.508 e. The first kappa shape index (κ1) is 22.6. The molecule has 2 aromatic rings. The quantitative estimate of drug-likeness (QED) is 0.657. The van der Waals surface area contributed by atoms with Gasteiger partial charge in [0, 0.05) is 43.8 Å². The molecule has 2 aliphatic heterocycles. The van der Waals surface area contributed by atoms with E-state index in [9.17, 15) is 9.90 Å². The molecule has 0 bridgehead atoms. The number of aromatic hydroxyl groups is 1. The van der Waals surface area contributed by atoms with Crippen LogP contribution in [0.3, 0.4) is 0 Å². The summed E-state index contributed by atoms with van der Waals surface area (Å²) >= 11 is 0. The molecule has 2 saturated carbocycles. The number of piperidine rings is 1. The maximum atomic E-state index is 14.1. The summed E-state index contributed by atoms with van der Waals surface area (Å²) in [6, 6.07) is 12.0. The maximum absolute atomic E-state index is 14.1. The van der Waals surface area contributed by atoms with Crippen molar-refractivity contribution in [2.45, 2.75) is 57.4 Å². The molecule has 1 aromatic heterocycles. The number of phenolic OH excluding ortho intramolecular Hbond substituents is 1. The molecule has 6 rings (SSSR count). The van der Waals surface area contributed by atoms with Gasteiger partial charge in [0.25, 0.3) is 5.91 Å². The Morgan fingerprint density at radius 1 is 1.09 bits per heavy atom. The predicted molar refractivity (Wildman–Crippen MR) is 137 cm³/mol. The average molecular weight is 473 g/mol. The second-order valence-corrected chi connectivity index (χ2v) is 10.9. The molecule has 1 amide bonds. The number of nitrogens with zero attached hydrogens (tertiary/aromatic N) is 3. The summed E-state index contributed by atoms with van der Waals surface area (Å²) in [5, 5.41) is 13.7. The van der Waals surface area contributed by atoms with Crippen LogP contribution in [0.5, 0.6) is 5.75 Å². The number of anilines is 1. The molecule has 2 aliphatic carbocycles. The molecule has 1 saturated heterocycles. The third-order valence-corrected chi connectivity index (χ3v) is 8.78. The number of benzene rings is 1. The van der Waals surface area contributed by atoms with E-state index < -0.39 is 0 Å². The van der Waals surface area contributed by atoms with Crippen LogP contribution in [-0.4, -0.2) is 53.1 Å². The van der Waals surface area contributed by atoms with Crippen LogP contribution in [0.1, 0.15) is 50.5 Å². The first-order valence-corrected chi connectivity index (χ1v) is 13.4. The van der Waals surface area contributed by atoms with Gasteiger partial charge in [-0.3, -0.25) is 9.78 Å². The van der Waals surface area contributed by atoms with Crippen LogP contribution in [0.2, 0.25) is 0 Å². The summed E-state index contributed by atoms with van der Waals surface area (Å²) in [4.78, 5) is 22.6.